The van der Waals surface area contributed by atoms with Gasteiger partial charge in [-0.05, 0) is 69.5 Å². The van der Waals surface area contributed by atoms with Gasteiger partial charge < -0.3 is 5.11 Å². The maximum Gasteiger partial charge on any atom is 0.162 e. The van der Waals surface area contributed by atoms with E-state index in [4.69, 9.17) is 4.98 Å². The first-order chi connectivity index (χ1) is 21.0. The van der Waals surface area contributed by atoms with Crippen molar-refractivity contribution in [1.29, 1.82) is 0 Å². The third-order valence-corrected chi connectivity index (χ3v) is 9.17. The minimum Gasteiger partial charge on any atom is -0.512 e. The number of rotatable bonds is 7. The van der Waals surface area contributed by atoms with Crippen LogP contribution < -0.4 is 0 Å². The van der Waals surface area contributed by atoms with Gasteiger partial charge in [0.2, 0.25) is 0 Å². The van der Waals surface area contributed by atoms with Gasteiger partial charge in [-0.3, -0.25) is 9.78 Å². The third kappa shape index (κ3) is 5.47. The molecule has 6 aromatic carbocycles. The van der Waals surface area contributed by atoms with Gasteiger partial charge in [0.15, 0.2) is 5.78 Å². The molecule has 0 bridgehead atoms. The normalized spacial score (nSPS) is 12.1. The van der Waals surface area contributed by atoms with Gasteiger partial charge in [-0.2, -0.15) is 0 Å². The largest absolute Gasteiger partial charge is 0.512 e. The van der Waals surface area contributed by atoms with Crippen molar-refractivity contribution in [3.63, 3.8) is 0 Å². The number of pyridine rings is 1. The van der Waals surface area contributed by atoms with E-state index >= 15 is 0 Å². The van der Waals surface area contributed by atoms with Crippen LogP contribution in [0.5, 0.6) is 0 Å². The summed E-state index contributed by atoms with van der Waals surface area (Å²) in [6.07, 6.45) is 6.85. The molecule has 0 fully saturated rings. The third-order valence-electron chi connectivity index (χ3n) is 9.17. The molecular weight excluding hydrogens is 719 g/mol. The van der Waals surface area contributed by atoms with Crippen molar-refractivity contribution in [2.75, 3.05) is 0 Å². The number of ketones is 1. The van der Waals surface area contributed by atoms with E-state index in [0.717, 1.165) is 42.0 Å². The van der Waals surface area contributed by atoms with Crippen molar-refractivity contribution in [2.24, 2.45) is 11.8 Å². The second-order valence-electron chi connectivity index (χ2n) is 11.5. The van der Waals surface area contributed by atoms with Gasteiger partial charge in [-0.1, -0.05) is 105 Å². The molecule has 1 heterocycles. The Morgan fingerprint density at radius 1 is 0.727 bits per heavy atom. The number of hydrogen-bond donors (Lipinski definition) is 1. The molecule has 44 heavy (non-hydrogen) atoms. The Kier molecular flexibility index (Phi) is 9.63. The quantitative estimate of drug-likeness (QED) is 0.0579. The Morgan fingerprint density at radius 2 is 1.30 bits per heavy atom. The van der Waals surface area contributed by atoms with E-state index in [0.29, 0.717) is 0 Å². The van der Waals surface area contributed by atoms with Crippen molar-refractivity contribution in [2.45, 2.75) is 53.4 Å². The average Bonchev–Trinajstić information content (AvgIpc) is 3.05. The van der Waals surface area contributed by atoms with Crippen LogP contribution in [0.4, 0.5) is 0 Å². The predicted octanol–water partition coefficient (Wildman–Crippen LogP) is 11.1. The van der Waals surface area contributed by atoms with Gasteiger partial charge in [0, 0.05) is 49.7 Å². The Balaban J connectivity index is 0.000000209. The Morgan fingerprint density at radius 3 is 1.95 bits per heavy atom. The molecule has 7 aromatic rings. The van der Waals surface area contributed by atoms with Crippen LogP contribution in [0.2, 0.25) is 0 Å². The minimum absolute atomic E-state index is 0. The van der Waals surface area contributed by atoms with Gasteiger partial charge in [0.05, 0.1) is 5.76 Å². The molecule has 0 saturated heterocycles. The molecule has 1 radical (unpaired) electrons. The van der Waals surface area contributed by atoms with Crippen LogP contribution in [-0.2, 0) is 24.9 Å². The molecule has 0 aliphatic heterocycles. The number of hydrogen-bond acceptors (Lipinski definition) is 3. The van der Waals surface area contributed by atoms with Gasteiger partial charge in [-0.15, -0.1) is 23.6 Å². The van der Waals surface area contributed by atoms with Crippen molar-refractivity contribution < 1.29 is 30.0 Å². The molecule has 0 spiro atoms. The molecule has 0 atom stereocenters. The monoisotopic (exact) mass is 757 g/mol. The Labute approximate surface area is 272 Å². The van der Waals surface area contributed by atoms with Crippen LogP contribution in [0.25, 0.3) is 64.8 Å². The first-order valence-electron chi connectivity index (χ1n) is 15.6. The molecule has 7 rings (SSSR count). The van der Waals surface area contributed by atoms with E-state index in [9.17, 15) is 9.90 Å². The van der Waals surface area contributed by atoms with Crippen LogP contribution in [0, 0.1) is 17.9 Å². The van der Waals surface area contributed by atoms with E-state index in [2.05, 4.69) is 84.9 Å². The van der Waals surface area contributed by atoms with Gasteiger partial charge >= 0.3 is 0 Å². The summed E-state index contributed by atoms with van der Waals surface area (Å²) in [6.45, 7) is 8.07. The maximum absolute atomic E-state index is 11.7. The second-order valence-corrected chi connectivity index (χ2v) is 11.5. The maximum atomic E-state index is 11.7. The molecule has 0 saturated carbocycles. The predicted molar refractivity (Wildman–Crippen MR) is 183 cm³/mol. The standard InChI is InChI=1S/C27H14N.C13H24O2.Ir/c1-2-7-17-15-24-23(14-16(17)6-1)21-11-5-10-20-18-8-3-4-9-19(18)22-12-13-28-27(24)26(22)25(20)21;1-5-10(6-2)12(14)9-13(15)11(7-3)8-4;/h1-14H;9-11,14H,5-8H2,1-4H3;/q-1;;/b;12-9-;. The van der Waals surface area contributed by atoms with Crippen LogP contribution in [0.1, 0.15) is 53.4 Å². The molecule has 225 valence electrons. The summed E-state index contributed by atoms with van der Waals surface area (Å²) in [4.78, 5) is 16.6. The van der Waals surface area contributed by atoms with E-state index < -0.39 is 0 Å². The SMILES string of the molecule is CCC(CC)C(=O)/C=C(\O)C(CC)CC.[Ir].[c-]1c2ccccc2cc2c1c1nccc3c4ccccc4c4cccc2c4c31. The number of fused-ring (bicyclic) bond motifs is 7. The molecule has 3 nitrogen and oxygen atoms in total. The van der Waals surface area contributed by atoms with Crippen LogP contribution >= 0.6 is 0 Å². The minimum atomic E-state index is 0. The number of carbonyl (C=O) groups is 1. The van der Waals surface area contributed by atoms with E-state index in [1.54, 1.807) is 0 Å². The molecule has 0 aliphatic rings. The number of aliphatic hydroxyl groups excluding tert-OH is 1. The van der Waals surface area contributed by atoms with E-state index in [1.807, 2.05) is 33.9 Å². The fourth-order valence-electron chi connectivity index (χ4n) is 6.70. The van der Waals surface area contributed by atoms with Crippen LogP contribution in [0.15, 0.2) is 96.9 Å². The molecular formula is C40H38IrNO2-. The number of allylic oxidation sites excluding steroid dienone is 2. The zero-order valence-corrected chi connectivity index (χ0v) is 28.2. The van der Waals surface area contributed by atoms with Crippen molar-refractivity contribution in [3.05, 3.63) is 103 Å². The summed E-state index contributed by atoms with van der Waals surface area (Å²) in [5.41, 5.74) is 1.05. The van der Waals surface area contributed by atoms with Crippen LogP contribution in [-0.4, -0.2) is 15.9 Å². The van der Waals surface area contributed by atoms with Crippen LogP contribution in [0.3, 0.4) is 0 Å². The number of carbonyl (C=O) groups excluding carboxylic acids is 1. The number of benzene rings is 6. The summed E-state index contributed by atoms with van der Waals surface area (Å²) in [6, 6.07) is 32.0. The zero-order valence-electron chi connectivity index (χ0n) is 25.8. The molecule has 0 amide bonds. The van der Waals surface area contributed by atoms with Crippen molar-refractivity contribution in [3.8, 4) is 0 Å². The smallest absolute Gasteiger partial charge is 0.162 e. The van der Waals surface area contributed by atoms with Gasteiger partial charge in [0.1, 0.15) is 0 Å². The molecule has 0 unspecified atom stereocenters. The first kappa shape index (κ1) is 31.6. The zero-order chi connectivity index (χ0) is 30.1. The Hall–Kier alpha value is -3.85. The van der Waals surface area contributed by atoms with E-state index in [-0.39, 0.29) is 43.5 Å². The molecule has 1 N–H and O–H groups in total. The molecule has 4 heteroatoms. The van der Waals surface area contributed by atoms with Crippen molar-refractivity contribution >= 4 is 70.5 Å². The second kappa shape index (κ2) is 13.4. The van der Waals surface area contributed by atoms with Gasteiger partial charge in [0.25, 0.3) is 0 Å². The molecule has 1 aromatic heterocycles. The van der Waals surface area contributed by atoms with E-state index in [1.165, 1.54) is 54.6 Å². The average molecular weight is 757 g/mol. The number of aliphatic hydroxyl groups is 1. The topological polar surface area (TPSA) is 50.2 Å². The summed E-state index contributed by atoms with van der Waals surface area (Å²) >= 11 is 0. The summed E-state index contributed by atoms with van der Waals surface area (Å²) in [5, 5.41) is 23.5. The Bertz CT molecular complexity index is 1990. The molecule has 0 aliphatic carbocycles. The van der Waals surface area contributed by atoms with Crippen molar-refractivity contribution in [1.82, 2.24) is 4.98 Å². The number of nitrogens with zero attached hydrogens (tertiary/aromatic N) is 1. The summed E-state index contributed by atoms with van der Waals surface area (Å²) in [5.74, 6) is 0.547. The summed E-state index contributed by atoms with van der Waals surface area (Å²) < 4.78 is 0. The number of aromatic nitrogens is 1. The fraction of sp³-hybridized carbons (Fsp3) is 0.250. The summed E-state index contributed by atoms with van der Waals surface area (Å²) in [7, 11) is 0. The van der Waals surface area contributed by atoms with Gasteiger partial charge in [-0.25, -0.2) is 0 Å². The first-order valence-corrected chi connectivity index (χ1v) is 15.6. The fourth-order valence-corrected chi connectivity index (χ4v) is 6.70.